The van der Waals surface area contributed by atoms with Gasteiger partial charge in [-0.15, -0.1) is 12.4 Å². The van der Waals surface area contributed by atoms with E-state index in [1.54, 1.807) is 6.07 Å². The zero-order chi connectivity index (χ0) is 20.2. The minimum absolute atomic E-state index is 0. The molecule has 0 spiro atoms. The third kappa shape index (κ3) is 5.65. The van der Waals surface area contributed by atoms with Gasteiger partial charge in [0.05, 0.1) is 6.10 Å². The van der Waals surface area contributed by atoms with E-state index in [0.717, 1.165) is 50.9 Å². The second-order valence-corrected chi connectivity index (χ2v) is 8.90. The first-order valence-electron chi connectivity index (χ1n) is 11.1. The van der Waals surface area contributed by atoms with E-state index in [0.29, 0.717) is 31.4 Å². The van der Waals surface area contributed by atoms with E-state index in [1.807, 2.05) is 24.1 Å². The van der Waals surface area contributed by atoms with Gasteiger partial charge in [0, 0.05) is 44.8 Å². The summed E-state index contributed by atoms with van der Waals surface area (Å²) in [4.78, 5) is 16.7. The number of carbonyl (C=O) groups is 1. The van der Waals surface area contributed by atoms with Crippen molar-refractivity contribution in [3.8, 4) is 5.75 Å². The van der Waals surface area contributed by atoms with E-state index in [2.05, 4.69) is 4.90 Å². The van der Waals surface area contributed by atoms with Crippen LogP contribution in [0.1, 0.15) is 44.1 Å². The lowest BCUT2D eigenvalue weighted by Gasteiger charge is -2.38. The molecule has 1 aliphatic carbocycles. The normalized spacial score (nSPS) is 24.7. The quantitative estimate of drug-likeness (QED) is 0.645. The first-order chi connectivity index (χ1) is 14.1. The number of hydrogen-bond donors (Lipinski definition) is 0. The van der Waals surface area contributed by atoms with Crippen molar-refractivity contribution in [3.63, 3.8) is 0 Å². The Balaban J connectivity index is 0.00000256. The Morgan fingerprint density at radius 1 is 1.23 bits per heavy atom. The van der Waals surface area contributed by atoms with Crippen LogP contribution in [0.3, 0.4) is 0 Å². The molecule has 3 aliphatic rings. The van der Waals surface area contributed by atoms with Gasteiger partial charge in [-0.25, -0.2) is 4.39 Å². The Hall–Kier alpha value is -1.37. The van der Waals surface area contributed by atoms with Crippen LogP contribution in [-0.2, 0) is 16.1 Å². The van der Waals surface area contributed by atoms with Crippen LogP contribution in [0.15, 0.2) is 18.2 Å². The number of halogens is 2. The summed E-state index contributed by atoms with van der Waals surface area (Å²) in [6.45, 7) is 4.89. The summed E-state index contributed by atoms with van der Waals surface area (Å²) >= 11 is 0. The number of hydrogen-bond acceptors (Lipinski definition) is 4. The number of likely N-dealkylation sites (tertiary alicyclic amines) is 1. The lowest BCUT2D eigenvalue weighted by molar-refractivity contribution is -0.138. The molecule has 1 amide bonds. The van der Waals surface area contributed by atoms with Crippen molar-refractivity contribution in [1.82, 2.24) is 9.80 Å². The summed E-state index contributed by atoms with van der Waals surface area (Å²) in [5.74, 6) is 0.933. The maximum atomic E-state index is 14.9. The molecule has 7 heteroatoms. The Labute approximate surface area is 185 Å². The van der Waals surface area contributed by atoms with Gasteiger partial charge in [0.15, 0.2) is 11.6 Å². The van der Waals surface area contributed by atoms with Crippen molar-refractivity contribution in [2.24, 2.45) is 11.8 Å². The summed E-state index contributed by atoms with van der Waals surface area (Å²) in [6, 6.07) is 5.48. The molecular formula is C23H34ClFN2O3. The average Bonchev–Trinajstić information content (AvgIpc) is 3.22. The lowest BCUT2D eigenvalue weighted by Crippen LogP contribution is -2.44. The fraction of sp³-hybridized carbons (Fsp3) is 0.696. The van der Waals surface area contributed by atoms with Crippen LogP contribution in [0.4, 0.5) is 4.39 Å². The fourth-order valence-corrected chi connectivity index (χ4v) is 4.78. The molecule has 1 aromatic rings. The van der Waals surface area contributed by atoms with Crippen LogP contribution in [0, 0.1) is 17.7 Å². The Bertz CT molecular complexity index is 702. The van der Waals surface area contributed by atoms with Crippen LogP contribution in [0.5, 0.6) is 5.75 Å². The molecule has 30 heavy (non-hydrogen) atoms. The molecule has 2 saturated heterocycles. The summed E-state index contributed by atoms with van der Waals surface area (Å²) in [7, 11) is 1.90. The van der Waals surface area contributed by atoms with Gasteiger partial charge in [0.2, 0.25) is 5.91 Å². The largest absolute Gasteiger partial charge is 0.487 e. The molecule has 0 radical (unpaired) electrons. The second kappa shape index (κ2) is 10.8. The molecule has 0 N–H and O–H groups in total. The average molecular weight is 441 g/mol. The SMILES string of the molecule is CN(CC1CC(Oc2cccc(CN3CCCC3)c2F)C1)C(=O)C1CCOCC1.Cl. The van der Waals surface area contributed by atoms with E-state index in [1.165, 1.54) is 12.8 Å². The van der Waals surface area contributed by atoms with Gasteiger partial charge in [-0.2, -0.15) is 0 Å². The lowest BCUT2D eigenvalue weighted by atomic mass is 9.81. The van der Waals surface area contributed by atoms with E-state index in [-0.39, 0.29) is 36.2 Å². The second-order valence-electron chi connectivity index (χ2n) is 8.90. The van der Waals surface area contributed by atoms with Gasteiger partial charge < -0.3 is 14.4 Å². The van der Waals surface area contributed by atoms with Crippen molar-refractivity contribution in [2.75, 3.05) is 39.9 Å². The minimum Gasteiger partial charge on any atom is -0.487 e. The summed E-state index contributed by atoms with van der Waals surface area (Å²) in [5, 5.41) is 0. The van der Waals surface area contributed by atoms with Gasteiger partial charge in [-0.1, -0.05) is 12.1 Å². The molecule has 0 atom stereocenters. The fourth-order valence-electron chi connectivity index (χ4n) is 4.78. The predicted octanol–water partition coefficient (Wildman–Crippen LogP) is 3.89. The molecule has 2 heterocycles. The zero-order valence-corrected chi connectivity index (χ0v) is 18.7. The molecule has 0 unspecified atom stereocenters. The van der Waals surface area contributed by atoms with E-state index in [9.17, 15) is 9.18 Å². The number of rotatable bonds is 7. The maximum absolute atomic E-state index is 14.9. The number of amides is 1. The highest BCUT2D eigenvalue weighted by atomic mass is 35.5. The highest BCUT2D eigenvalue weighted by molar-refractivity contribution is 5.85. The van der Waals surface area contributed by atoms with Crippen LogP contribution < -0.4 is 4.74 Å². The Morgan fingerprint density at radius 2 is 1.93 bits per heavy atom. The molecule has 1 aromatic carbocycles. The summed E-state index contributed by atoms with van der Waals surface area (Å²) in [5.41, 5.74) is 0.724. The van der Waals surface area contributed by atoms with Gasteiger partial charge >= 0.3 is 0 Å². The van der Waals surface area contributed by atoms with E-state index < -0.39 is 0 Å². The number of nitrogens with zero attached hydrogens (tertiary/aromatic N) is 2. The predicted molar refractivity (Wildman–Crippen MR) is 116 cm³/mol. The molecule has 5 nitrogen and oxygen atoms in total. The minimum atomic E-state index is -0.213. The van der Waals surface area contributed by atoms with Crippen molar-refractivity contribution in [3.05, 3.63) is 29.6 Å². The van der Waals surface area contributed by atoms with Crippen LogP contribution in [-0.4, -0.2) is 61.7 Å². The standard InChI is InChI=1S/C23H33FN2O3.ClH/c1-25(23(27)18-7-11-28-12-8-18)15-17-13-20(14-17)29-21-6-4-5-19(22(21)24)16-26-9-2-3-10-26;/h4-6,17-18,20H,2-3,7-16H2,1H3;1H. The zero-order valence-electron chi connectivity index (χ0n) is 17.9. The van der Waals surface area contributed by atoms with Crippen LogP contribution >= 0.6 is 12.4 Å². The van der Waals surface area contributed by atoms with Crippen molar-refractivity contribution >= 4 is 18.3 Å². The molecule has 2 aliphatic heterocycles. The molecule has 168 valence electrons. The Kier molecular flexibility index (Phi) is 8.37. The van der Waals surface area contributed by atoms with Gasteiger partial charge in [-0.05, 0) is 63.6 Å². The Morgan fingerprint density at radius 3 is 2.63 bits per heavy atom. The summed E-state index contributed by atoms with van der Waals surface area (Å²) in [6.07, 6.45) is 5.85. The topological polar surface area (TPSA) is 42.0 Å². The van der Waals surface area contributed by atoms with Crippen molar-refractivity contribution < 1.29 is 18.7 Å². The molecule has 0 bridgehead atoms. The van der Waals surface area contributed by atoms with Gasteiger partial charge in [0.1, 0.15) is 0 Å². The van der Waals surface area contributed by atoms with E-state index in [4.69, 9.17) is 9.47 Å². The van der Waals surface area contributed by atoms with Crippen LogP contribution in [0.25, 0.3) is 0 Å². The number of benzene rings is 1. The monoisotopic (exact) mass is 440 g/mol. The first-order valence-corrected chi connectivity index (χ1v) is 11.1. The number of carbonyl (C=O) groups excluding carboxylic acids is 1. The highest BCUT2D eigenvalue weighted by Crippen LogP contribution is 2.34. The smallest absolute Gasteiger partial charge is 0.225 e. The van der Waals surface area contributed by atoms with E-state index >= 15 is 0 Å². The van der Waals surface area contributed by atoms with Crippen molar-refractivity contribution in [1.29, 1.82) is 0 Å². The molecule has 3 fully saturated rings. The number of ether oxygens (including phenoxy) is 2. The maximum Gasteiger partial charge on any atom is 0.225 e. The first kappa shape index (κ1) is 23.3. The van der Waals surface area contributed by atoms with Gasteiger partial charge in [0.25, 0.3) is 0 Å². The molecular weight excluding hydrogens is 407 g/mol. The highest BCUT2D eigenvalue weighted by Gasteiger charge is 2.34. The third-order valence-corrected chi connectivity index (χ3v) is 6.60. The molecule has 1 saturated carbocycles. The third-order valence-electron chi connectivity index (χ3n) is 6.60. The van der Waals surface area contributed by atoms with Crippen LogP contribution in [0.2, 0.25) is 0 Å². The molecule has 0 aromatic heterocycles. The van der Waals surface area contributed by atoms with Gasteiger partial charge in [-0.3, -0.25) is 9.69 Å². The van der Waals surface area contributed by atoms with Crippen molar-refractivity contribution in [2.45, 2.75) is 51.2 Å². The summed E-state index contributed by atoms with van der Waals surface area (Å²) < 4.78 is 26.2. The molecule has 4 rings (SSSR count).